The Hall–Kier alpha value is -2.44. The quantitative estimate of drug-likeness (QED) is 0.410. The molecule has 0 radical (unpaired) electrons. The van der Waals surface area contributed by atoms with Crippen LogP contribution < -0.4 is 0 Å². The molecule has 2 aromatic carbocycles. The molecule has 0 aromatic heterocycles. The second kappa shape index (κ2) is 8.13. The van der Waals surface area contributed by atoms with E-state index < -0.39 is 17.7 Å². The molecule has 1 aliphatic heterocycles. The van der Waals surface area contributed by atoms with E-state index >= 15 is 0 Å². The molecule has 1 atom stereocenters. The average Bonchev–Trinajstić information content (AvgIpc) is 2.93. The minimum absolute atomic E-state index is 0.00732. The lowest BCUT2D eigenvalue weighted by Crippen LogP contribution is -2.32. The molecule has 1 heterocycles. The largest absolute Gasteiger partial charge is 0.507 e. The molecule has 6 heteroatoms. The van der Waals surface area contributed by atoms with Crippen LogP contribution in [0.3, 0.4) is 0 Å². The van der Waals surface area contributed by atoms with Gasteiger partial charge in [0.1, 0.15) is 5.76 Å². The molecule has 1 amide bonds. The Morgan fingerprint density at radius 3 is 2.14 bits per heavy atom. The van der Waals surface area contributed by atoms with Gasteiger partial charge in [0.15, 0.2) is 0 Å². The van der Waals surface area contributed by atoms with Gasteiger partial charge in [-0.15, -0.1) is 0 Å². The number of hydrogen-bond donors (Lipinski definition) is 2. The second-order valence-corrected chi connectivity index (χ2v) is 9.01. The van der Waals surface area contributed by atoms with Gasteiger partial charge in [-0.1, -0.05) is 73.1 Å². The lowest BCUT2D eigenvalue weighted by Gasteiger charge is -2.26. The van der Waals surface area contributed by atoms with Gasteiger partial charge in [-0.2, -0.15) is 0 Å². The summed E-state index contributed by atoms with van der Waals surface area (Å²) >= 11 is 3.35. The van der Waals surface area contributed by atoms with Crippen molar-refractivity contribution >= 4 is 33.4 Å². The first-order valence-electron chi connectivity index (χ1n) is 9.41. The van der Waals surface area contributed by atoms with Crippen molar-refractivity contribution in [3.05, 3.63) is 75.3 Å². The van der Waals surface area contributed by atoms with Crippen molar-refractivity contribution in [2.45, 2.75) is 32.2 Å². The van der Waals surface area contributed by atoms with Crippen LogP contribution in [-0.4, -0.2) is 40.0 Å². The van der Waals surface area contributed by atoms with E-state index in [-0.39, 0.29) is 29.9 Å². The predicted octanol–water partition coefficient (Wildman–Crippen LogP) is 4.16. The number of benzene rings is 2. The molecule has 0 saturated carbocycles. The van der Waals surface area contributed by atoms with E-state index in [0.29, 0.717) is 11.1 Å². The van der Waals surface area contributed by atoms with Gasteiger partial charge in [0.2, 0.25) is 0 Å². The number of halogens is 1. The first kappa shape index (κ1) is 21.3. The molecule has 3 rings (SSSR count). The van der Waals surface area contributed by atoms with Crippen LogP contribution in [0.5, 0.6) is 0 Å². The van der Waals surface area contributed by atoms with Crippen molar-refractivity contribution in [1.82, 2.24) is 4.90 Å². The van der Waals surface area contributed by atoms with Crippen LogP contribution in [0.15, 0.2) is 58.6 Å². The molecule has 1 fully saturated rings. The number of carbonyl (C=O) groups is 2. The average molecular weight is 458 g/mol. The molecule has 2 N–H and O–H groups in total. The van der Waals surface area contributed by atoms with E-state index in [1.165, 1.54) is 4.90 Å². The molecule has 0 spiro atoms. The summed E-state index contributed by atoms with van der Waals surface area (Å²) in [5.41, 5.74) is 2.28. The highest BCUT2D eigenvalue weighted by Crippen LogP contribution is 2.39. The summed E-state index contributed by atoms with van der Waals surface area (Å²) in [5, 5.41) is 20.3. The van der Waals surface area contributed by atoms with E-state index in [0.717, 1.165) is 10.0 Å². The zero-order valence-electron chi connectivity index (χ0n) is 16.6. The van der Waals surface area contributed by atoms with E-state index in [9.17, 15) is 19.8 Å². The Kier molecular flexibility index (Phi) is 5.96. The lowest BCUT2D eigenvalue weighted by molar-refractivity contribution is -0.140. The summed E-state index contributed by atoms with van der Waals surface area (Å²) in [6, 6.07) is 13.8. The topological polar surface area (TPSA) is 77.8 Å². The fourth-order valence-corrected chi connectivity index (χ4v) is 3.76. The van der Waals surface area contributed by atoms with Crippen molar-refractivity contribution < 1.29 is 19.8 Å². The Morgan fingerprint density at radius 2 is 1.62 bits per heavy atom. The maximum Gasteiger partial charge on any atom is 0.295 e. The third-order valence-electron chi connectivity index (χ3n) is 5.09. The summed E-state index contributed by atoms with van der Waals surface area (Å²) in [4.78, 5) is 26.7. The van der Waals surface area contributed by atoms with E-state index in [1.807, 2.05) is 24.3 Å². The monoisotopic (exact) mass is 457 g/mol. The number of carbonyl (C=O) groups excluding carboxylic acids is 2. The van der Waals surface area contributed by atoms with E-state index in [1.54, 1.807) is 24.3 Å². The van der Waals surface area contributed by atoms with Crippen molar-refractivity contribution in [2.75, 3.05) is 13.2 Å². The molecule has 5 nitrogen and oxygen atoms in total. The molecular formula is C23H24BrNO4. The van der Waals surface area contributed by atoms with Gasteiger partial charge in [-0.25, -0.2) is 0 Å². The van der Waals surface area contributed by atoms with Gasteiger partial charge in [0.25, 0.3) is 11.7 Å². The first-order chi connectivity index (χ1) is 13.6. The van der Waals surface area contributed by atoms with E-state index in [2.05, 4.69) is 36.7 Å². The molecule has 29 heavy (non-hydrogen) atoms. The molecule has 1 unspecified atom stereocenters. The Labute approximate surface area is 178 Å². The molecule has 0 aliphatic carbocycles. The summed E-state index contributed by atoms with van der Waals surface area (Å²) in [5.74, 6) is -1.69. The van der Waals surface area contributed by atoms with Gasteiger partial charge in [-0.05, 0) is 28.7 Å². The number of Topliss-reactive ketones (excluding diaryl/α,β-unsaturated/α-hetero) is 1. The van der Waals surface area contributed by atoms with Crippen LogP contribution in [0, 0.1) is 0 Å². The van der Waals surface area contributed by atoms with Gasteiger partial charge < -0.3 is 15.1 Å². The second-order valence-electron chi connectivity index (χ2n) is 8.09. The summed E-state index contributed by atoms with van der Waals surface area (Å²) in [6.45, 7) is 6.05. The van der Waals surface area contributed by atoms with Crippen LogP contribution in [0.1, 0.15) is 43.5 Å². The fraction of sp³-hybridized carbons (Fsp3) is 0.304. The smallest absolute Gasteiger partial charge is 0.295 e. The zero-order chi connectivity index (χ0) is 21.3. The van der Waals surface area contributed by atoms with Gasteiger partial charge in [0, 0.05) is 16.6 Å². The number of amides is 1. The SMILES string of the molecule is CC(C)(C)c1ccc(C2/C(=C(/O)c3ccc(Br)cc3)C(=O)C(=O)N2CCO)cc1. The van der Waals surface area contributed by atoms with Gasteiger partial charge >= 0.3 is 0 Å². The highest BCUT2D eigenvalue weighted by molar-refractivity contribution is 9.10. The summed E-state index contributed by atoms with van der Waals surface area (Å²) < 4.78 is 0.837. The number of ketones is 1. The zero-order valence-corrected chi connectivity index (χ0v) is 18.2. The minimum Gasteiger partial charge on any atom is -0.507 e. The van der Waals surface area contributed by atoms with Gasteiger partial charge in [-0.3, -0.25) is 9.59 Å². The van der Waals surface area contributed by atoms with Crippen molar-refractivity contribution in [2.24, 2.45) is 0 Å². The number of β-amino-alcohol motifs (C(OH)–C–C–N with tert-alkyl or cyclic N) is 1. The molecule has 0 bridgehead atoms. The first-order valence-corrected chi connectivity index (χ1v) is 10.2. The fourth-order valence-electron chi connectivity index (χ4n) is 3.49. The number of hydrogen-bond acceptors (Lipinski definition) is 4. The predicted molar refractivity (Wildman–Crippen MR) is 115 cm³/mol. The Bertz CT molecular complexity index is 956. The van der Waals surface area contributed by atoms with E-state index in [4.69, 9.17) is 0 Å². The van der Waals surface area contributed by atoms with Crippen LogP contribution >= 0.6 is 15.9 Å². The highest BCUT2D eigenvalue weighted by Gasteiger charge is 2.45. The van der Waals surface area contributed by atoms with Crippen LogP contribution in [-0.2, 0) is 15.0 Å². The summed E-state index contributed by atoms with van der Waals surface area (Å²) in [6.07, 6.45) is 0. The van der Waals surface area contributed by atoms with Crippen LogP contribution in [0.4, 0.5) is 0 Å². The molecule has 152 valence electrons. The normalized spacial score (nSPS) is 19.1. The van der Waals surface area contributed by atoms with Crippen molar-refractivity contribution in [3.8, 4) is 0 Å². The highest BCUT2D eigenvalue weighted by atomic mass is 79.9. The number of aliphatic hydroxyl groups excluding tert-OH is 2. The Morgan fingerprint density at radius 1 is 1.03 bits per heavy atom. The maximum atomic E-state index is 12.8. The third-order valence-corrected chi connectivity index (χ3v) is 5.62. The van der Waals surface area contributed by atoms with Crippen LogP contribution in [0.2, 0.25) is 0 Å². The maximum absolute atomic E-state index is 12.8. The molecule has 1 saturated heterocycles. The Balaban J connectivity index is 2.14. The summed E-state index contributed by atoms with van der Waals surface area (Å²) in [7, 11) is 0. The molecule has 2 aromatic rings. The standard InChI is InChI=1S/C23H24BrNO4/c1-23(2,3)16-8-4-14(5-9-16)19-18(21(28)22(29)25(19)12-13-26)20(27)15-6-10-17(24)11-7-15/h4-11,19,26-27H,12-13H2,1-3H3/b20-18-. The molecule has 1 aliphatic rings. The minimum atomic E-state index is -0.750. The van der Waals surface area contributed by atoms with Crippen LogP contribution in [0.25, 0.3) is 5.76 Å². The van der Waals surface area contributed by atoms with Crippen molar-refractivity contribution in [1.29, 1.82) is 0 Å². The number of aliphatic hydroxyl groups is 2. The number of likely N-dealkylation sites (tertiary alicyclic amines) is 1. The lowest BCUT2D eigenvalue weighted by atomic mass is 9.85. The third kappa shape index (κ3) is 4.14. The van der Waals surface area contributed by atoms with Gasteiger partial charge in [0.05, 0.1) is 18.2 Å². The van der Waals surface area contributed by atoms with Crippen molar-refractivity contribution in [3.63, 3.8) is 0 Å². The molecular weight excluding hydrogens is 434 g/mol. The number of rotatable bonds is 4. The number of nitrogens with zero attached hydrogens (tertiary/aromatic N) is 1.